The Morgan fingerprint density at radius 1 is 1.19 bits per heavy atom. The second-order valence-electron chi connectivity index (χ2n) is 5.03. The fourth-order valence-corrected chi connectivity index (χ4v) is 3.26. The predicted molar refractivity (Wildman–Crippen MR) is 82.2 cm³/mol. The van der Waals surface area contributed by atoms with Crippen LogP contribution in [0.1, 0.15) is 17.3 Å². The Morgan fingerprint density at radius 3 is 2.52 bits per heavy atom. The molecule has 1 aromatic heterocycles. The third kappa shape index (κ3) is 2.69. The first-order valence-corrected chi connectivity index (χ1v) is 7.57. The van der Waals surface area contributed by atoms with E-state index in [9.17, 15) is 9.59 Å². The van der Waals surface area contributed by atoms with Crippen LogP contribution in [-0.4, -0.2) is 52.8 Å². The largest absolute Gasteiger partial charge is 0.375 e. The molecule has 1 aliphatic rings. The van der Waals surface area contributed by atoms with Gasteiger partial charge in [0.05, 0.1) is 10.2 Å². The van der Waals surface area contributed by atoms with Gasteiger partial charge in [0, 0.05) is 38.7 Å². The number of carbonyl (C=O) groups excluding carboxylic acids is 2. The lowest BCUT2D eigenvalue weighted by Crippen LogP contribution is -2.50. The van der Waals surface area contributed by atoms with Crippen LogP contribution in [0.4, 0.5) is 5.13 Å². The average Bonchev–Trinajstić information content (AvgIpc) is 2.85. The Kier molecular flexibility index (Phi) is 3.50. The van der Waals surface area contributed by atoms with E-state index in [1.54, 1.807) is 22.8 Å². The number of thiazole rings is 1. The van der Waals surface area contributed by atoms with Crippen LogP contribution < -0.4 is 5.73 Å². The quantitative estimate of drug-likeness (QED) is 0.858. The van der Waals surface area contributed by atoms with Crippen molar-refractivity contribution in [3.63, 3.8) is 0 Å². The maximum absolute atomic E-state index is 12.5. The molecule has 21 heavy (non-hydrogen) atoms. The number of anilines is 1. The highest BCUT2D eigenvalue weighted by molar-refractivity contribution is 7.22. The summed E-state index contributed by atoms with van der Waals surface area (Å²) in [5.41, 5.74) is 7.13. The molecular formula is C14H16N4O2S. The topological polar surface area (TPSA) is 79.5 Å². The Hall–Kier alpha value is -2.15. The van der Waals surface area contributed by atoms with E-state index in [2.05, 4.69) is 4.98 Å². The Labute approximate surface area is 126 Å². The zero-order valence-electron chi connectivity index (χ0n) is 11.7. The van der Waals surface area contributed by atoms with E-state index in [0.29, 0.717) is 36.9 Å². The summed E-state index contributed by atoms with van der Waals surface area (Å²) in [7, 11) is 0. The van der Waals surface area contributed by atoms with Crippen LogP contribution in [0.3, 0.4) is 0 Å². The number of amides is 2. The van der Waals surface area contributed by atoms with Gasteiger partial charge in [0.25, 0.3) is 5.91 Å². The highest BCUT2D eigenvalue weighted by Gasteiger charge is 2.23. The summed E-state index contributed by atoms with van der Waals surface area (Å²) in [5.74, 6) is 0.0516. The van der Waals surface area contributed by atoms with E-state index in [-0.39, 0.29) is 11.8 Å². The van der Waals surface area contributed by atoms with Crippen LogP contribution in [0.5, 0.6) is 0 Å². The predicted octanol–water partition coefficient (Wildman–Crippen LogP) is 1.18. The summed E-state index contributed by atoms with van der Waals surface area (Å²) in [6.07, 6.45) is 0. The van der Waals surface area contributed by atoms with Crippen LogP contribution in [0.25, 0.3) is 10.2 Å². The zero-order valence-corrected chi connectivity index (χ0v) is 12.5. The van der Waals surface area contributed by atoms with E-state index in [1.165, 1.54) is 11.3 Å². The molecule has 0 atom stereocenters. The van der Waals surface area contributed by atoms with Gasteiger partial charge in [-0.25, -0.2) is 4.98 Å². The molecule has 3 rings (SSSR count). The second-order valence-corrected chi connectivity index (χ2v) is 6.10. The van der Waals surface area contributed by atoms with Gasteiger partial charge in [-0.1, -0.05) is 11.3 Å². The molecule has 110 valence electrons. The lowest BCUT2D eigenvalue weighted by atomic mass is 10.1. The number of carbonyl (C=O) groups is 2. The standard InChI is InChI=1S/C14H16N4O2S/c1-9(19)17-4-6-18(7-5-17)13(20)10-2-3-11-12(8-10)21-14(15)16-11/h2-3,8H,4-7H2,1H3,(H2,15,16). The molecule has 2 aromatic rings. The van der Waals surface area contributed by atoms with Crippen LogP contribution in [0.2, 0.25) is 0 Å². The molecule has 1 fully saturated rings. The van der Waals surface area contributed by atoms with Crippen molar-refractivity contribution in [3.05, 3.63) is 23.8 Å². The van der Waals surface area contributed by atoms with Gasteiger partial charge >= 0.3 is 0 Å². The summed E-state index contributed by atoms with van der Waals surface area (Å²) in [6, 6.07) is 5.44. The molecule has 1 saturated heterocycles. The number of benzene rings is 1. The van der Waals surface area contributed by atoms with Gasteiger partial charge in [0.15, 0.2) is 5.13 Å². The lowest BCUT2D eigenvalue weighted by molar-refractivity contribution is -0.130. The van der Waals surface area contributed by atoms with Gasteiger partial charge in [-0.05, 0) is 18.2 Å². The lowest BCUT2D eigenvalue weighted by Gasteiger charge is -2.34. The van der Waals surface area contributed by atoms with Gasteiger partial charge in [-0.3, -0.25) is 9.59 Å². The first kappa shape index (κ1) is 13.8. The summed E-state index contributed by atoms with van der Waals surface area (Å²) in [4.78, 5) is 31.5. The van der Waals surface area contributed by atoms with E-state index in [0.717, 1.165) is 10.2 Å². The zero-order chi connectivity index (χ0) is 15.0. The third-order valence-corrected chi connectivity index (χ3v) is 4.51. The van der Waals surface area contributed by atoms with Crippen molar-refractivity contribution in [3.8, 4) is 0 Å². The number of rotatable bonds is 1. The summed E-state index contributed by atoms with van der Waals surface area (Å²) < 4.78 is 0.917. The summed E-state index contributed by atoms with van der Waals surface area (Å²) in [6.45, 7) is 3.88. The molecule has 0 aliphatic carbocycles. The van der Waals surface area contributed by atoms with Gasteiger partial charge < -0.3 is 15.5 Å². The Bertz CT molecular complexity index is 704. The minimum atomic E-state index is -0.00734. The molecule has 7 heteroatoms. The fraction of sp³-hybridized carbons (Fsp3) is 0.357. The van der Waals surface area contributed by atoms with Crippen molar-refractivity contribution >= 4 is 38.5 Å². The number of hydrogen-bond acceptors (Lipinski definition) is 5. The maximum atomic E-state index is 12.5. The monoisotopic (exact) mass is 304 g/mol. The van der Waals surface area contributed by atoms with E-state index in [1.807, 2.05) is 12.1 Å². The van der Waals surface area contributed by atoms with Crippen LogP contribution in [0.15, 0.2) is 18.2 Å². The number of fused-ring (bicyclic) bond motifs is 1. The van der Waals surface area contributed by atoms with E-state index in [4.69, 9.17) is 5.73 Å². The van der Waals surface area contributed by atoms with Crippen molar-refractivity contribution in [2.24, 2.45) is 0 Å². The molecule has 0 bridgehead atoms. The number of piperazine rings is 1. The smallest absolute Gasteiger partial charge is 0.254 e. The van der Waals surface area contributed by atoms with Gasteiger partial charge in [-0.2, -0.15) is 0 Å². The third-order valence-electron chi connectivity index (χ3n) is 3.66. The first-order valence-electron chi connectivity index (χ1n) is 6.75. The molecule has 0 saturated carbocycles. The minimum absolute atomic E-state index is 0.00734. The first-order chi connectivity index (χ1) is 10.0. The van der Waals surface area contributed by atoms with Gasteiger partial charge in [0.2, 0.25) is 5.91 Å². The summed E-state index contributed by atoms with van der Waals surface area (Å²) >= 11 is 1.38. The molecule has 2 amide bonds. The van der Waals surface area contributed by atoms with Gasteiger partial charge in [-0.15, -0.1) is 0 Å². The van der Waals surface area contributed by atoms with Crippen molar-refractivity contribution in [2.75, 3.05) is 31.9 Å². The van der Waals surface area contributed by atoms with E-state index < -0.39 is 0 Å². The molecule has 0 spiro atoms. The van der Waals surface area contributed by atoms with Crippen molar-refractivity contribution < 1.29 is 9.59 Å². The van der Waals surface area contributed by atoms with Crippen molar-refractivity contribution in [1.29, 1.82) is 0 Å². The SMILES string of the molecule is CC(=O)N1CCN(C(=O)c2ccc3nc(N)sc3c2)CC1. The molecule has 6 nitrogen and oxygen atoms in total. The average molecular weight is 304 g/mol. The van der Waals surface area contributed by atoms with Crippen LogP contribution in [-0.2, 0) is 4.79 Å². The molecular weight excluding hydrogens is 288 g/mol. The van der Waals surface area contributed by atoms with Gasteiger partial charge in [0.1, 0.15) is 0 Å². The molecule has 0 radical (unpaired) electrons. The highest BCUT2D eigenvalue weighted by Crippen LogP contribution is 2.25. The van der Waals surface area contributed by atoms with Crippen LogP contribution >= 0.6 is 11.3 Å². The Morgan fingerprint density at radius 2 is 1.86 bits per heavy atom. The highest BCUT2D eigenvalue weighted by atomic mass is 32.1. The van der Waals surface area contributed by atoms with Crippen LogP contribution in [0, 0.1) is 0 Å². The number of aromatic nitrogens is 1. The molecule has 2 heterocycles. The molecule has 2 N–H and O–H groups in total. The second kappa shape index (κ2) is 5.33. The van der Waals surface area contributed by atoms with Crippen molar-refractivity contribution in [1.82, 2.24) is 14.8 Å². The maximum Gasteiger partial charge on any atom is 0.254 e. The Balaban J connectivity index is 1.76. The number of hydrogen-bond donors (Lipinski definition) is 1. The van der Waals surface area contributed by atoms with E-state index >= 15 is 0 Å². The normalized spacial score (nSPS) is 15.5. The molecule has 1 aliphatic heterocycles. The fourth-order valence-electron chi connectivity index (χ4n) is 2.48. The summed E-state index contributed by atoms with van der Waals surface area (Å²) in [5, 5.41) is 0.504. The number of nitrogen functional groups attached to an aromatic ring is 1. The molecule has 1 aromatic carbocycles. The minimum Gasteiger partial charge on any atom is -0.375 e. The molecule has 0 unspecified atom stereocenters. The number of nitrogens with two attached hydrogens (primary N) is 1. The number of nitrogens with zero attached hydrogens (tertiary/aromatic N) is 3. The van der Waals surface area contributed by atoms with Crippen molar-refractivity contribution in [2.45, 2.75) is 6.92 Å².